The zero-order valence-corrected chi connectivity index (χ0v) is 21.6. The maximum atomic E-state index is 12.3. The number of quaternary nitrogens is 2. The Morgan fingerprint density at radius 2 is 0.853 bits per heavy atom. The number of likely N-dealkylation sites (N-methyl/N-ethyl adjacent to an activating group) is 2. The molecule has 0 amide bonds. The van der Waals surface area contributed by atoms with Gasteiger partial charge in [-0.15, -0.1) is 0 Å². The van der Waals surface area contributed by atoms with Crippen LogP contribution in [0.2, 0.25) is 0 Å². The van der Waals surface area contributed by atoms with E-state index < -0.39 is 47.5 Å². The van der Waals surface area contributed by atoms with Crippen LogP contribution in [-0.4, -0.2) is 110 Å². The van der Waals surface area contributed by atoms with E-state index in [4.69, 9.17) is 0 Å². The third-order valence-corrected chi connectivity index (χ3v) is 5.54. The zero-order chi connectivity index (χ0) is 26.7. The van der Waals surface area contributed by atoms with Crippen molar-refractivity contribution in [1.29, 1.82) is 0 Å². The van der Waals surface area contributed by atoms with Crippen LogP contribution in [0.3, 0.4) is 0 Å². The number of rotatable bonds is 19. The summed E-state index contributed by atoms with van der Waals surface area (Å²) in [6.45, 7) is 0.239. The third-order valence-electron chi connectivity index (χ3n) is 5.54. The Morgan fingerprint density at radius 1 is 0.588 bits per heavy atom. The lowest BCUT2D eigenvalue weighted by atomic mass is 9.92. The molecule has 0 saturated carbocycles. The van der Waals surface area contributed by atoms with E-state index in [1.807, 2.05) is 0 Å². The lowest BCUT2D eigenvalue weighted by Crippen LogP contribution is -2.51. The van der Waals surface area contributed by atoms with Crippen LogP contribution in [0.25, 0.3) is 0 Å². The number of hydrogen-bond acceptors (Lipinski definition) is 8. The molecule has 0 spiro atoms. The number of carbonyl (C=O) groups excluding carboxylic acids is 4. The van der Waals surface area contributed by atoms with Gasteiger partial charge in [-0.05, 0) is 12.8 Å². The standard InChI is InChI=1S/C24H44N2O8/c1-25(2,3)15-19(29)21(23(31)32)17(27)13-11-9-7-8-10-12-14-18(28)22(24(33)34)20(30)16-26(4,5)6/h19-22,29-30H,7-16H2,1-6H3. The van der Waals surface area contributed by atoms with Gasteiger partial charge < -0.3 is 39.0 Å². The van der Waals surface area contributed by atoms with E-state index in [9.17, 15) is 39.6 Å². The molecule has 10 nitrogen and oxygen atoms in total. The van der Waals surface area contributed by atoms with Gasteiger partial charge in [0.05, 0.1) is 66.1 Å². The van der Waals surface area contributed by atoms with E-state index in [-0.39, 0.29) is 25.9 Å². The number of hydrogen-bond donors (Lipinski definition) is 2. The molecule has 0 bridgehead atoms. The first-order valence-electron chi connectivity index (χ1n) is 11.9. The van der Waals surface area contributed by atoms with Crippen molar-refractivity contribution in [3.8, 4) is 0 Å². The summed E-state index contributed by atoms with van der Waals surface area (Å²) in [5, 5.41) is 43.0. The first-order valence-corrected chi connectivity index (χ1v) is 11.9. The lowest BCUT2D eigenvalue weighted by Gasteiger charge is -2.30. The highest BCUT2D eigenvalue weighted by Gasteiger charge is 2.32. The monoisotopic (exact) mass is 488 g/mol. The average molecular weight is 489 g/mol. The number of aliphatic carboxylic acids is 2. The molecule has 0 heterocycles. The topological polar surface area (TPSA) is 155 Å². The molecular formula is C24H44N2O8. The van der Waals surface area contributed by atoms with E-state index >= 15 is 0 Å². The van der Waals surface area contributed by atoms with Crippen LogP contribution in [0.15, 0.2) is 0 Å². The molecular weight excluding hydrogens is 444 g/mol. The normalized spacial score (nSPS) is 15.9. The molecule has 0 aromatic heterocycles. The number of carbonyl (C=O) groups is 4. The van der Waals surface area contributed by atoms with Crippen molar-refractivity contribution in [1.82, 2.24) is 0 Å². The van der Waals surface area contributed by atoms with Crippen LogP contribution in [0.5, 0.6) is 0 Å². The maximum Gasteiger partial charge on any atom is 0.144 e. The van der Waals surface area contributed by atoms with Crippen LogP contribution in [0, 0.1) is 11.8 Å². The number of nitrogens with zero attached hydrogens (tertiary/aromatic N) is 2. The SMILES string of the molecule is C[N+](C)(C)CC(O)C(C(=O)[O-])C(=O)CCCCCCCCC(=O)C(C(=O)[O-])C(O)C[N+](C)(C)C. The van der Waals surface area contributed by atoms with E-state index in [2.05, 4.69) is 0 Å². The van der Waals surface area contributed by atoms with Crippen molar-refractivity contribution in [3.05, 3.63) is 0 Å². The van der Waals surface area contributed by atoms with Gasteiger partial charge in [-0.2, -0.15) is 0 Å². The van der Waals surface area contributed by atoms with Crippen LogP contribution in [0.1, 0.15) is 51.4 Å². The highest BCUT2D eigenvalue weighted by molar-refractivity contribution is 5.98. The van der Waals surface area contributed by atoms with Gasteiger partial charge in [0.15, 0.2) is 0 Å². The molecule has 0 aliphatic carbocycles. The van der Waals surface area contributed by atoms with Crippen LogP contribution in [-0.2, 0) is 19.2 Å². The van der Waals surface area contributed by atoms with Crippen molar-refractivity contribution in [2.75, 3.05) is 55.4 Å². The number of unbranched alkanes of at least 4 members (excludes halogenated alkanes) is 5. The van der Waals surface area contributed by atoms with Gasteiger partial charge in [0.1, 0.15) is 36.9 Å². The van der Waals surface area contributed by atoms with E-state index in [0.29, 0.717) is 34.6 Å². The Morgan fingerprint density at radius 3 is 1.09 bits per heavy atom. The minimum Gasteiger partial charge on any atom is -0.549 e. The molecule has 4 atom stereocenters. The van der Waals surface area contributed by atoms with Gasteiger partial charge in [-0.25, -0.2) is 0 Å². The minimum absolute atomic E-state index is 0.0444. The van der Waals surface area contributed by atoms with Crippen molar-refractivity contribution in [2.45, 2.75) is 63.6 Å². The first kappa shape index (κ1) is 32.1. The molecule has 0 aromatic rings. The molecule has 34 heavy (non-hydrogen) atoms. The van der Waals surface area contributed by atoms with Gasteiger partial charge >= 0.3 is 0 Å². The van der Waals surface area contributed by atoms with E-state index in [1.165, 1.54) is 0 Å². The lowest BCUT2D eigenvalue weighted by molar-refractivity contribution is -0.873. The predicted molar refractivity (Wildman–Crippen MR) is 122 cm³/mol. The Bertz CT molecular complexity index is 623. The quantitative estimate of drug-likeness (QED) is 0.121. The van der Waals surface area contributed by atoms with Crippen LogP contribution in [0.4, 0.5) is 0 Å². The number of carboxylic acid groups (broad SMARTS) is 2. The van der Waals surface area contributed by atoms with E-state index in [1.54, 1.807) is 42.3 Å². The molecule has 198 valence electrons. The number of ketones is 2. The summed E-state index contributed by atoms with van der Waals surface area (Å²) in [7, 11) is 10.7. The molecule has 0 fully saturated rings. The van der Waals surface area contributed by atoms with Crippen molar-refractivity contribution in [3.63, 3.8) is 0 Å². The summed E-state index contributed by atoms with van der Waals surface area (Å²) >= 11 is 0. The molecule has 2 N–H and O–H groups in total. The molecule has 0 aromatic carbocycles. The first-order chi connectivity index (χ1) is 15.5. The maximum absolute atomic E-state index is 12.3. The highest BCUT2D eigenvalue weighted by atomic mass is 16.4. The second-order valence-electron chi connectivity index (χ2n) is 11.2. The molecule has 0 saturated heterocycles. The molecule has 4 unspecified atom stereocenters. The predicted octanol–water partition coefficient (Wildman–Crippen LogP) is -1.89. The van der Waals surface area contributed by atoms with Gasteiger partial charge in [-0.1, -0.05) is 25.7 Å². The molecule has 0 aliphatic heterocycles. The largest absolute Gasteiger partial charge is 0.549 e. The Labute approximate surface area is 203 Å². The molecule has 0 radical (unpaired) electrons. The summed E-state index contributed by atoms with van der Waals surface area (Å²) in [6.07, 6.45) is 1.38. The van der Waals surface area contributed by atoms with Crippen molar-refractivity contribution in [2.24, 2.45) is 11.8 Å². The van der Waals surface area contributed by atoms with Crippen molar-refractivity contribution >= 4 is 23.5 Å². The number of Topliss-reactive ketones (excluding diaryl/α,β-unsaturated/α-hetero) is 2. The summed E-state index contributed by atoms with van der Waals surface area (Å²) in [5.74, 6) is -7.26. The van der Waals surface area contributed by atoms with Gasteiger partial charge in [-0.3, -0.25) is 9.59 Å². The van der Waals surface area contributed by atoms with E-state index in [0.717, 1.165) is 12.8 Å². The fourth-order valence-corrected chi connectivity index (χ4v) is 3.96. The molecule has 10 heteroatoms. The van der Waals surface area contributed by atoms with Crippen LogP contribution < -0.4 is 10.2 Å². The third kappa shape index (κ3) is 13.7. The number of aliphatic hydroxyl groups excluding tert-OH is 2. The number of carboxylic acids is 2. The fourth-order valence-electron chi connectivity index (χ4n) is 3.96. The molecule has 0 aliphatic rings. The Hall–Kier alpha value is -1.88. The summed E-state index contributed by atoms with van der Waals surface area (Å²) in [6, 6.07) is 0. The van der Waals surface area contributed by atoms with Gasteiger partial charge in [0.2, 0.25) is 0 Å². The average Bonchev–Trinajstić information content (AvgIpc) is 2.60. The summed E-state index contributed by atoms with van der Waals surface area (Å²) in [5.41, 5.74) is 0. The second-order valence-corrected chi connectivity index (χ2v) is 11.2. The van der Waals surface area contributed by atoms with Gasteiger partial charge in [0, 0.05) is 12.8 Å². The number of aliphatic hydroxyl groups is 2. The van der Waals surface area contributed by atoms with Crippen LogP contribution >= 0.6 is 0 Å². The fraction of sp³-hybridized carbons (Fsp3) is 0.833. The Balaban J connectivity index is 4.31. The molecule has 0 rings (SSSR count). The Kier molecular flexibility index (Phi) is 13.7. The summed E-state index contributed by atoms with van der Waals surface area (Å²) in [4.78, 5) is 47.3. The van der Waals surface area contributed by atoms with Crippen molar-refractivity contribution < 1.29 is 48.6 Å². The second kappa shape index (κ2) is 14.5. The smallest absolute Gasteiger partial charge is 0.144 e. The summed E-state index contributed by atoms with van der Waals surface area (Å²) < 4.78 is 0.637. The zero-order valence-electron chi connectivity index (χ0n) is 21.6. The van der Waals surface area contributed by atoms with Gasteiger partial charge in [0.25, 0.3) is 0 Å². The minimum atomic E-state index is -1.56. The highest BCUT2D eigenvalue weighted by Crippen LogP contribution is 2.17.